The van der Waals surface area contributed by atoms with Crippen LogP contribution in [0.4, 0.5) is 0 Å². The number of rotatable bonds is 2. The largest absolute Gasteiger partial charge is 0.508 e. The van der Waals surface area contributed by atoms with E-state index in [9.17, 15) is 5.11 Å². The molecule has 14 heavy (non-hydrogen) atoms. The van der Waals surface area contributed by atoms with Gasteiger partial charge in [0.15, 0.2) is 0 Å². The maximum absolute atomic E-state index is 9.29. The molecular formula is C13H13O. The summed E-state index contributed by atoms with van der Waals surface area (Å²) in [5.74, 6) is 0.322. The maximum Gasteiger partial charge on any atom is 0.116 e. The van der Waals surface area contributed by atoms with E-state index in [1.165, 1.54) is 10.9 Å². The summed E-state index contributed by atoms with van der Waals surface area (Å²) in [6.45, 7) is 3.84. The fraction of sp³-hybridized carbons (Fsp3) is 0.154. The van der Waals surface area contributed by atoms with Gasteiger partial charge in [-0.1, -0.05) is 31.2 Å². The summed E-state index contributed by atoms with van der Waals surface area (Å²) in [6, 6.07) is 11.7. The molecule has 0 aliphatic rings. The first-order valence-electron chi connectivity index (χ1n) is 4.80. The van der Waals surface area contributed by atoms with Crippen LogP contribution in [0.15, 0.2) is 36.4 Å². The van der Waals surface area contributed by atoms with Gasteiger partial charge in [-0.15, -0.1) is 0 Å². The van der Waals surface area contributed by atoms with Gasteiger partial charge in [0, 0.05) is 0 Å². The summed E-state index contributed by atoms with van der Waals surface area (Å²) in [5.41, 5.74) is 1.30. The molecular weight excluding hydrogens is 172 g/mol. The Kier molecular flexibility index (Phi) is 2.40. The van der Waals surface area contributed by atoms with Crippen LogP contribution in [0.1, 0.15) is 12.0 Å². The van der Waals surface area contributed by atoms with E-state index in [0.29, 0.717) is 5.75 Å². The third-order valence-electron chi connectivity index (χ3n) is 2.35. The molecule has 0 unspecified atom stereocenters. The molecule has 0 saturated carbocycles. The lowest BCUT2D eigenvalue weighted by molar-refractivity contribution is 0.476. The number of hydrogen-bond acceptors (Lipinski definition) is 1. The molecule has 0 fully saturated rings. The van der Waals surface area contributed by atoms with E-state index in [1.807, 2.05) is 12.1 Å². The predicted octanol–water partition coefficient (Wildman–Crippen LogP) is 3.31. The number of fused-ring (bicyclic) bond motifs is 1. The van der Waals surface area contributed by atoms with Gasteiger partial charge in [0.1, 0.15) is 5.75 Å². The summed E-state index contributed by atoms with van der Waals surface area (Å²) >= 11 is 0. The van der Waals surface area contributed by atoms with Crippen molar-refractivity contribution < 1.29 is 5.11 Å². The highest BCUT2D eigenvalue weighted by atomic mass is 16.3. The quantitative estimate of drug-likeness (QED) is 0.761. The highest BCUT2D eigenvalue weighted by Gasteiger charge is 1.96. The van der Waals surface area contributed by atoms with Gasteiger partial charge in [0.05, 0.1) is 0 Å². The summed E-state index contributed by atoms with van der Waals surface area (Å²) in [4.78, 5) is 0. The van der Waals surface area contributed by atoms with Crippen LogP contribution in [-0.2, 0) is 6.42 Å². The van der Waals surface area contributed by atoms with Gasteiger partial charge in [0.2, 0.25) is 0 Å². The summed E-state index contributed by atoms with van der Waals surface area (Å²) in [6.07, 6.45) is 1.93. The number of benzene rings is 2. The van der Waals surface area contributed by atoms with Crippen LogP contribution in [0.25, 0.3) is 10.8 Å². The van der Waals surface area contributed by atoms with E-state index >= 15 is 0 Å². The molecule has 71 valence electrons. The van der Waals surface area contributed by atoms with Crippen LogP contribution < -0.4 is 0 Å². The highest BCUT2D eigenvalue weighted by Crippen LogP contribution is 2.21. The molecule has 1 N–H and O–H groups in total. The molecule has 0 aromatic heterocycles. The molecule has 0 aliphatic heterocycles. The second kappa shape index (κ2) is 3.70. The Balaban J connectivity index is 2.50. The van der Waals surface area contributed by atoms with Gasteiger partial charge in [-0.3, -0.25) is 0 Å². The molecule has 0 heterocycles. The van der Waals surface area contributed by atoms with Crippen LogP contribution in [0.2, 0.25) is 0 Å². The second-order valence-electron chi connectivity index (χ2n) is 3.47. The maximum atomic E-state index is 9.29. The first-order valence-corrected chi connectivity index (χ1v) is 4.80. The molecule has 1 nitrogen and oxygen atoms in total. The van der Waals surface area contributed by atoms with Crippen LogP contribution in [0.5, 0.6) is 5.75 Å². The lowest BCUT2D eigenvalue weighted by atomic mass is 10.0. The molecule has 2 aromatic carbocycles. The van der Waals surface area contributed by atoms with Crippen LogP contribution in [0.3, 0.4) is 0 Å². The van der Waals surface area contributed by atoms with Crippen molar-refractivity contribution in [1.82, 2.24) is 0 Å². The van der Waals surface area contributed by atoms with Crippen molar-refractivity contribution >= 4 is 10.8 Å². The summed E-state index contributed by atoms with van der Waals surface area (Å²) < 4.78 is 0. The highest BCUT2D eigenvalue weighted by molar-refractivity contribution is 5.84. The fourth-order valence-corrected chi connectivity index (χ4v) is 1.64. The molecule has 0 bridgehead atoms. The van der Waals surface area contributed by atoms with E-state index < -0.39 is 0 Å². The van der Waals surface area contributed by atoms with Gasteiger partial charge < -0.3 is 5.11 Å². The van der Waals surface area contributed by atoms with Crippen LogP contribution >= 0.6 is 0 Å². The Labute approximate surface area is 84.0 Å². The van der Waals surface area contributed by atoms with Crippen LogP contribution in [0, 0.1) is 6.92 Å². The summed E-state index contributed by atoms with van der Waals surface area (Å²) in [7, 11) is 0. The average molecular weight is 185 g/mol. The minimum absolute atomic E-state index is 0.322. The van der Waals surface area contributed by atoms with Gasteiger partial charge in [0.25, 0.3) is 0 Å². The predicted molar refractivity (Wildman–Crippen MR) is 59.3 cm³/mol. The smallest absolute Gasteiger partial charge is 0.116 e. The van der Waals surface area contributed by atoms with Gasteiger partial charge in [-0.25, -0.2) is 0 Å². The van der Waals surface area contributed by atoms with E-state index in [2.05, 4.69) is 19.1 Å². The Morgan fingerprint density at radius 3 is 2.50 bits per heavy atom. The van der Waals surface area contributed by atoms with E-state index in [0.717, 1.165) is 18.2 Å². The van der Waals surface area contributed by atoms with Crippen molar-refractivity contribution in [3.63, 3.8) is 0 Å². The first kappa shape index (κ1) is 9.07. The fourth-order valence-electron chi connectivity index (χ4n) is 1.64. The van der Waals surface area contributed by atoms with Crippen molar-refractivity contribution in [2.24, 2.45) is 0 Å². The Morgan fingerprint density at radius 1 is 1.00 bits per heavy atom. The van der Waals surface area contributed by atoms with Crippen molar-refractivity contribution in [2.75, 3.05) is 0 Å². The number of aryl methyl sites for hydroxylation is 1. The van der Waals surface area contributed by atoms with E-state index in [1.54, 1.807) is 12.1 Å². The molecule has 0 atom stereocenters. The van der Waals surface area contributed by atoms with E-state index in [-0.39, 0.29) is 0 Å². The molecule has 0 amide bonds. The Morgan fingerprint density at radius 2 is 1.71 bits per heavy atom. The van der Waals surface area contributed by atoms with Crippen molar-refractivity contribution in [1.29, 1.82) is 0 Å². The number of aromatic hydroxyl groups is 1. The second-order valence-corrected chi connectivity index (χ2v) is 3.47. The number of hydrogen-bond donors (Lipinski definition) is 1. The monoisotopic (exact) mass is 185 g/mol. The molecule has 2 rings (SSSR count). The lowest BCUT2D eigenvalue weighted by Gasteiger charge is -2.02. The zero-order chi connectivity index (χ0) is 9.97. The normalized spacial score (nSPS) is 10.6. The minimum atomic E-state index is 0.322. The van der Waals surface area contributed by atoms with Gasteiger partial charge >= 0.3 is 0 Å². The van der Waals surface area contributed by atoms with Gasteiger partial charge in [-0.2, -0.15) is 0 Å². The first-order chi connectivity index (χ1) is 6.79. The topological polar surface area (TPSA) is 20.2 Å². The zero-order valence-corrected chi connectivity index (χ0v) is 8.03. The number of phenols is 1. The van der Waals surface area contributed by atoms with Crippen molar-refractivity contribution in [2.45, 2.75) is 12.8 Å². The standard InChI is InChI=1S/C13H13O/c1-2-3-10-4-5-12-9-13(14)7-6-11(12)8-10/h4-9,14H,1-3H2. The minimum Gasteiger partial charge on any atom is -0.508 e. The average Bonchev–Trinajstić information content (AvgIpc) is 2.19. The number of phenolic OH excluding ortho intramolecular Hbond substituents is 1. The van der Waals surface area contributed by atoms with Gasteiger partial charge in [-0.05, 0) is 41.3 Å². The molecule has 0 aliphatic carbocycles. The summed E-state index contributed by atoms with van der Waals surface area (Å²) in [5, 5.41) is 11.5. The zero-order valence-electron chi connectivity index (χ0n) is 8.03. The Bertz CT molecular complexity index is 446. The van der Waals surface area contributed by atoms with E-state index in [4.69, 9.17) is 0 Å². The van der Waals surface area contributed by atoms with Crippen LogP contribution in [-0.4, -0.2) is 5.11 Å². The molecule has 2 aromatic rings. The third-order valence-corrected chi connectivity index (χ3v) is 2.35. The molecule has 0 spiro atoms. The molecule has 0 saturated heterocycles. The lowest BCUT2D eigenvalue weighted by Crippen LogP contribution is -1.82. The third kappa shape index (κ3) is 1.72. The SMILES string of the molecule is [CH2]CCc1ccc2cc(O)ccc2c1. The molecule has 1 radical (unpaired) electrons. The van der Waals surface area contributed by atoms with Crippen molar-refractivity contribution in [3.05, 3.63) is 48.9 Å². The Hall–Kier alpha value is -1.50. The van der Waals surface area contributed by atoms with Crippen molar-refractivity contribution in [3.8, 4) is 5.75 Å². The molecule has 1 heteroatoms.